The van der Waals surface area contributed by atoms with Crippen molar-refractivity contribution in [1.82, 2.24) is 4.98 Å². The van der Waals surface area contributed by atoms with Crippen molar-refractivity contribution in [2.45, 2.75) is 0 Å². The Kier molecular flexibility index (Phi) is 3.33. The van der Waals surface area contributed by atoms with Crippen molar-refractivity contribution >= 4 is 18.3 Å². The molecule has 2 rings (SSSR count). The smallest absolute Gasteiger partial charge is 0.418 e. The lowest BCUT2D eigenvalue weighted by molar-refractivity contribution is -0.644. The lowest BCUT2D eigenvalue weighted by Crippen LogP contribution is -2.24. The maximum atomic E-state index is 9.75. The van der Waals surface area contributed by atoms with Crippen LogP contribution in [0.25, 0.3) is 11.0 Å². The molecule has 0 aliphatic carbocycles. The fourth-order valence-corrected chi connectivity index (χ4v) is 1.14. The van der Waals surface area contributed by atoms with Crippen molar-refractivity contribution in [1.29, 1.82) is 0 Å². The number of nitrogens with one attached hydrogen (secondary N) is 1. The van der Waals surface area contributed by atoms with Crippen LogP contribution in [0.15, 0.2) is 30.6 Å². The van der Waals surface area contributed by atoms with Crippen LogP contribution < -0.4 is 4.57 Å². The summed E-state index contributed by atoms with van der Waals surface area (Å²) in [5, 5.41) is 0. The summed E-state index contributed by atoms with van der Waals surface area (Å²) >= 11 is 0. The Bertz CT molecular complexity index is 431. The fraction of sp³-hybridized carbons (Fsp3) is 0.125. The van der Waals surface area contributed by atoms with Gasteiger partial charge in [0.05, 0.1) is 7.05 Å². The van der Waals surface area contributed by atoms with Gasteiger partial charge in [-0.05, 0) is 12.1 Å². The molecule has 1 aromatic heterocycles. The van der Waals surface area contributed by atoms with Crippen molar-refractivity contribution in [2.75, 3.05) is 0 Å². The Morgan fingerprint density at radius 1 is 1.13 bits per heavy atom. The van der Waals surface area contributed by atoms with E-state index in [1.165, 1.54) is 11.0 Å². The molecule has 1 heterocycles. The SMILES string of the molecule is C[n+]1c[nH]c2ccccc21.F[B-](F)(F)F. The second-order valence-corrected chi connectivity index (χ2v) is 2.90. The van der Waals surface area contributed by atoms with Gasteiger partial charge in [-0.15, -0.1) is 0 Å². The highest BCUT2D eigenvalue weighted by molar-refractivity contribution is 6.50. The highest BCUT2D eigenvalue weighted by Crippen LogP contribution is 2.06. The molecule has 0 aliphatic rings. The van der Waals surface area contributed by atoms with E-state index in [2.05, 4.69) is 21.7 Å². The van der Waals surface area contributed by atoms with E-state index in [9.17, 15) is 17.3 Å². The Morgan fingerprint density at radius 2 is 1.67 bits per heavy atom. The second kappa shape index (κ2) is 4.33. The van der Waals surface area contributed by atoms with Crippen LogP contribution in [0.3, 0.4) is 0 Å². The van der Waals surface area contributed by atoms with E-state index in [1.807, 2.05) is 25.5 Å². The van der Waals surface area contributed by atoms with Gasteiger partial charge in [-0.3, -0.25) is 0 Å². The van der Waals surface area contributed by atoms with E-state index in [-0.39, 0.29) is 0 Å². The van der Waals surface area contributed by atoms with Gasteiger partial charge in [0.15, 0.2) is 11.0 Å². The summed E-state index contributed by atoms with van der Waals surface area (Å²) < 4.78 is 41.1. The van der Waals surface area contributed by atoms with Crippen LogP contribution in [0.5, 0.6) is 0 Å². The summed E-state index contributed by atoms with van der Waals surface area (Å²) in [4.78, 5) is 3.15. The maximum absolute atomic E-state index is 9.75. The summed E-state index contributed by atoms with van der Waals surface area (Å²) in [5.41, 5.74) is 2.42. The standard InChI is InChI=1S/C8H8N2.BF4/c1-10-6-9-7-4-2-3-5-8(7)10;2-1(3,4)5/h2-6H,1H3;/q;-1/p+1. The van der Waals surface area contributed by atoms with Crippen LogP contribution in [0, 0.1) is 0 Å². The number of aromatic nitrogens is 2. The van der Waals surface area contributed by atoms with Crippen LogP contribution in [0.2, 0.25) is 0 Å². The number of imidazole rings is 1. The second-order valence-electron chi connectivity index (χ2n) is 2.90. The van der Waals surface area contributed by atoms with Crippen LogP contribution >= 0.6 is 0 Å². The largest absolute Gasteiger partial charge is 0.673 e. The maximum Gasteiger partial charge on any atom is 0.673 e. The van der Waals surface area contributed by atoms with Gasteiger partial charge < -0.3 is 17.3 Å². The van der Waals surface area contributed by atoms with Crippen molar-refractivity contribution in [3.05, 3.63) is 30.6 Å². The Balaban J connectivity index is 0.000000195. The van der Waals surface area contributed by atoms with Crippen molar-refractivity contribution < 1.29 is 21.8 Å². The monoisotopic (exact) mass is 220 g/mol. The first-order chi connectivity index (χ1) is 6.88. The number of aromatic amines is 1. The Hall–Kier alpha value is -1.53. The minimum atomic E-state index is -6.00. The lowest BCUT2D eigenvalue weighted by Gasteiger charge is -1.94. The average molecular weight is 220 g/mol. The third-order valence-electron chi connectivity index (χ3n) is 1.70. The van der Waals surface area contributed by atoms with Crippen LogP contribution in [0.1, 0.15) is 0 Å². The van der Waals surface area contributed by atoms with Gasteiger partial charge in [-0.1, -0.05) is 12.1 Å². The number of halogens is 4. The van der Waals surface area contributed by atoms with E-state index >= 15 is 0 Å². The molecule has 0 unspecified atom stereocenters. The number of H-pyrrole nitrogens is 1. The quantitative estimate of drug-likeness (QED) is 0.399. The zero-order valence-electron chi connectivity index (χ0n) is 7.92. The molecule has 0 fully saturated rings. The van der Waals surface area contributed by atoms with Gasteiger partial charge in [0.1, 0.15) is 0 Å². The van der Waals surface area contributed by atoms with Crippen molar-refractivity contribution in [2.24, 2.45) is 7.05 Å². The number of rotatable bonds is 0. The van der Waals surface area contributed by atoms with E-state index in [0.29, 0.717) is 0 Å². The molecule has 0 saturated carbocycles. The first kappa shape index (κ1) is 11.5. The predicted octanol–water partition coefficient (Wildman–Crippen LogP) is 2.29. The minimum absolute atomic E-state index is 1.19. The van der Waals surface area contributed by atoms with E-state index < -0.39 is 7.25 Å². The molecule has 2 aromatic rings. The third kappa shape index (κ3) is 4.01. The van der Waals surface area contributed by atoms with Crippen molar-refractivity contribution in [3.63, 3.8) is 0 Å². The lowest BCUT2D eigenvalue weighted by atomic mass is 10.3. The summed E-state index contributed by atoms with van der Waals surface area (Å²) in [6, 6.07) is 8.22. The average Bonchev–Trinajstić information content (AvgIpc) is 2.46. The van der Waals surface area contributed by atoms with Crippen LogP contribution in [-0.2, 0) is 7.05 Å². The molecule has 0 atom stereocenters. The van der Waals surface area contributed by atoms with Gasteiger partial charge in [0, 0.05) is 0 Å². The van der Waals surface area contributed by atoms with Crippen LogP contribution in [0.4, 0.5) is 17.3 Å². The summed E-state index contributed by atoms with van der Waals surface area (Å²) in [7, 11) is -3.97. The van der Waals surface area contributed by atoms with E-state index in [4.69, 9.17) is 0 Å². The van der Waals surface area contributed by atoms with Gasteiger partial charge in [-0.25, -0.2) is 9.55 Å². The molecule has 1 aromatic carbocycles. The first-order valence-corrected chi connectivity index (χ1v) is 4.17. The third-order valence-corrected chi connectivity index (χ3v) is 1.70. The fourth-order valence-electron chi connectivity index (χ4n) is 1.14. The number of para-hydroxylation sites is 2. The van der Waals surface area contributed by atoms with E-state index in [0.717, 1.165) is 0 Å². The van der Waals surface area contributed by atoms with Crippen molar-refractivity contribution in [3.8, 4) is 0 Å². The summed E-state index contributed by atoms with van der Waals surface area (Å²) in [6.07, 6.45) is 1.95. The normalized spacial score (nSPS) is 11.0. The summed E-state index contributed by atoms with van der Waals surface area (Å²) in [5.74, 6) is 0. The molecule has 2 nitrogen and oxygen atoms in total. The van der Waals surface area contributed by atoms with Crippen LogP contribution in [-0.4, -0.2) is 12.2 Å². The molecule has 0 spiro atoms. The Morgan fingerprint density at radius 3 is 2.20 bits per heavy atom. The molecule has 0 aliphatic heterocycles. The number of fused-ring (bicyclic) bond motifs is 1. The molecule has 15 heavy (non-hydrogen) atoms. The van der Waals surface area contributed by atoms with Gasteiger partial charge >= 0.3 is 7.25 Å². The summed E-state index contributed by atoms with van der Waals surface area (Å²) in [6.45, 7) is 0. The highest BCUT2D eigenvalue weighted by atomic mass is 19.5. The zero-order valence-corrected chi connectivity index (χ0v) is 7.92. The topological polar surface area (TPSA) is 19.7 Å². The molecular formula is C8H9BF4N2. The zero-order chi connectivity index (χ0) is 11.5. The number of hydrogen-bond donors (Lipinski definition) is 1. The van der Waals surface area contributed by atoms with Gasteiger partial charge in [0.2, 0.25) is 6.33 Å². The molecule has 7 heteroatoms. The molecular weight excluding hydrogens is 211 g/mol. The van der Waals surface area contributed by atoms with Gasteiger partial charge in [0.25, 0.3) is 0 Å². The van der Waals surface area contributed by atoms with E-state index in [1.54, 1.807) is 0 Å². The molecule has 0 amide bonds. The predicted molar refractivity (Wildman–Crippen MR) is 49.7 cm³/mol. The Labute approximate surface area is 83.6 Å². The molecule has 0 radical (unpaired) electrons. The molecule has 0 saturated heterocycles. The molecule has 1 N–H and O–H groups in total. The molecule has 82 valence electrons. The number of hydrogen-bond acceptors (Lipinski definition) is 0. The highest BCUT2D eigenvalue weighted by Gasteiger charge is 2.20. The number of aryl methyl sites for hydroxylation is 1. The minimum Gasteiger partial charge on any atom is -0.418 e. The number of benzene rings is 1. The first-order valence-electron chi connectivity index (χ1n) is 4.17. The molecule has 0 bridgehead atoms. The van der Waals surface area contributed by atoms with Gasteiger partial charge in [-0.2, -0.15) is 0 Å². The number of nitrogens with zero attached hydrogens (tertiary/aromatic N) is 1.